The number of nitrogens with zero attached hydrogens (tertiary/aromatic N) is 2. The van der Waals surface area contributed by atoms with Crippen LogP contribution in [0.2, 0.25) is 0 Å². The van der Waals surface area contributed by atoms with Crippen molar-refractivity contribution in [3.05, 3.63) is 30.1 Å². The molecule has 0 saturated heterocycles. The lowest BCUT2D eigenvalue weighted by molar-refractivity contribution is -0.0143. The molecule has 19 heavy (non-hydrogen) atoms. The molecule has 1 aromatic carbocycles. The van der Waals surface area contributed by atoms with Crippen LogP contribution in [-0.4, -0.2) is 20.3 Å². The topological polar surface area (TPSA) is 38.1 Å². The maximum atomic E-state index is 10.8. The first kappa shape index (κ1) is 12.7. The van der Waals surface area contributed by atoms with Crippen molar-refractivity contribution in [2.45, 2.75) is 44.6 Å². The Hall–Kier alpha value is -1.35. The van der Waals surface area contributed by atoms with Gasteiger partial charge in [0.05, 0.1) is 16.6 Å². The number of rotatable bonds is 2. The van der Waals surface area contributed by atoms with E-state index < -0.39 is 5.60 Å². The van der Waals surface area contributed by atoms with Crippen molar-refractivity contribution in [2.24, 2.45) is 13.0 Å². The molecule has 3 rings (SSSR count). The summed E-state index contributed by atoms with van der Waals surface area (Å²) < 4.78 is 2.12. The van der Waals surface area contributed by atoms with E-state index in [1.54, 1.807) is 0 Å². The highest BCUT2D eigenvalue weighted by Gasteiger charge is 2.34. The SMILES string of the molecule is CC1CCCC(O)(Cc2nc3ccccc3n2C)C1. The van der Waals surface area contributed by atoms with Gasteiger partial charge in [-0.2, -0.15) is 0 Å². The van der Waals surface area contributed by atoms with Crippen molar-refractivity contribution in [1.82, 2.24) is 9.55 Å². The molecular formula is C16H22N2O. The smallest absolute Gasteiger partial charge is 0.112 e. The van der Waals surface area contributed by atoms with Gasteiger partial charge in [0.25, 0.3) is 0 Å². The molecule has 2 atom stereocenters. The standard InChI is InChI=1S/C16H22N2O/c1-12-6-5-9-16(19,10-12)11-15-17-13-7-3-4-8-14(13)18(15)2/h3-4,7-8,12,19H,5-6,9-11H2,1-2H3. The zero-order valence-electron chi connectivity index (χ0n) is 11.8. The summed E-state index contributed by atoms with van der Waals surface area (Å²) in [7, 11) is 2.04. The van der Waals surface area contributed by atoms with E-state index in [1.165, 1.54) is 6.42 Å². The summed E-state index contributed by atoms with van der Waals surface area (Å²) in [6.45, 7) is 2.24. The lowest BCUT2D eigenvalue weighted by atomic mass is 9.77. The van der Waals surface area contributed by atoms with Crippen molar-refractivity contribution in [2.75, 3.05) is 0 Å². The summed E-state index contributed by atoms with van der Waals surface area (Å²) in [6.07, 6.45) is 4.84. The predicted octanol–water partition coefficient (Wildman–Crippen LogP) is 3.06. The third kappa shape index (κ3) is 2.39. The van der Waals surface area contributed by atoms with Crippen LogP contribution >= 0.6 is 0 Å². The number of benzene rings is 1. The number of fused-ring (bicyclic) bond motifs is 1. The Morgan fingerprint density at radius 2 is 2.21 bits per heavy atom. The van der Waals surface area contributed by atoms with Gasteiger partial charge in [-0.05, 0) is 30.9 Å². The molecular weight excluding hydrogens is 236 g/mol. The van der Waals surface area contributed by atoms with E-state index in [1.807, 2.05) is 25.2 Å². The van der Waals surface area contributed by atoms with Gasteiger partial charge in [0.1, 0.15) is 5.82 Å². The molecule has 1 aliphatic carbocycles. The molecule has 0 bridgehead atoms. The summed E-state index contributed by atoms with van der Waals surface area (Å²) in [6, 6.07) is 8.16. The van der Waals surface area contributed by atoms with Gasteiger partial charge in [-0.15, -0.1) is 0 Å². The van der Waals surface area contributed by atoms with Crippen LogP contribution in [0, 0.1) is 5.92 Å². The first-order valence-electron chi connectivity index (χ1n) is 7.20. The number of aromatic nitrogens is 2. The molecule has 1 saturated carbocycles. The Bertz CT molecular complexity index is 589. The summed E-state index contributed by atoms with van der Waals surface area (Å²) >= 11 is 0. The third-order valence-corrected chi connectivity index (χ3v) is 4.43. The molecule has 1 fully saturated rings. The van der Waals surface area contributed by atoms with Crippen LogP contribution in [0.3, 0.4) is 0 Å². The highest BCUT2D eigenvalue weighted by atomic mass is 16.3. The second-order valence-corrected chi connectivity index (χ2v) is 6.18. The highest BCUT2D eigenvalue weighted by molar-refractivity contribution is 5.75. The largest absolute Gasteiger partial charge is 0.389 e. The number of hydrogen-bond donors (Lipinski definition) is 1. The molecule has 3 heteroatoms. The normalized spacial score (nSPS) is 27.8. The van der Waals surface area contributed by atoms with Crippen LogP contribution in [0.4, 0.5) is 0 Å². The van der Waals surface area contributed by atoms with Gasteiger partial charge in [0, 0.05) is 13.5 Å². The average molecular weight is 258 g/mol. The van der Waals surface area contributed by atoms with Crippen LogP contribution in [0.15, 0.2) is 24.3 Å². The molecule has 0 radical (unpaired) electrons. The minimum atomic E-state index is -0.563. The number of para-hydroxylation sites is 2. The van der Waals surface area contributed by atoms with E-state index in [4.69, 9.17) is 0 Å². The zero-order valence-corrected chi connectivity index (χ0v) is 11.8. The van der Waals surface area contributed by atoms with Gasteiger partial charge in [-0.25, -0.2) is 4.98 Å². The van der Waals surface area contributed by atoms with Gasteiger partial charge in [0.15, 0.2) is 0 Å². The molecule has 0 amide bonds. The summed E-state index contributed by atoms with van der Waals surface area (Å²) in [5.74, 6) is 1.62. The Morgan fingerprint density at radius 3 is 2.95 bits per heavy atom. The molecule has 102 valence electrons. The highest BCUT2D eigenvalue weighted by Crippen LogP contribution is 2.34. The monoisotopic (exact) mass is 258 g/mol. The van der Waals surface area contributed by atoms with Crippen LogP contribution in [0.5, 0.6) is 0 Å². The summed E-state index contributed by atoms with van der Waals surface area (Å²) in [5.41, 5.74) is 1.60. The van der Waals surface area contributed by atoms with E-state index in [2.05, 4.69) is 22.5 Å². The molecule has 1 aromatic heterocycles. The van der Waals surface area contributed by atoms with E-state index in [9.17, 15) is 5.11 Å². The van der Waals surface area contributed by atoms with Crippen LogP contribution in [0.1, 0.15) is 38.4 Å². The van der Waals surface area contributed by atoms with Gasteiger partial charge in [-0.3, -0.25) is 0 Å². The zero-order chi connectivity index (χ0) is 13.5. The number of aryl methyl sites for hydroxylation is 1. The van der Waals surface area contributed by atoms with Crippen molar-refractivity contribution in [3.63, 3.8) is 0 Å². The van der Waals surface area contributed by atoms with Crippen molar-refractivity contribution in [1.29, 1.82) is 0 Å². The molecule has 0 aliphatic heterocycles. The Balaban J connectivity index is 1.90. The lowest BCUT2D eigenvalue weighted by Gasteiger charge is -2.35. The molecule has 3 nitrogen and oxygen atoms in total. The first-order valence-corrected chi connectivity index (χ1v) is 7.20. The minimum Gasteiger partial charge on any atom is -0.389 e. The molecule has 0 spiro atoms. The van der Waals surface area contributed by atoms with E-state index in [0.29, 0.717) is 12.3 Å². The molecule has 2 unspecified atom stereocenters. The molecule has 1 heterocycles. The van der Waals surface area contributed by atoms with Gasteiger partial charge >= 0.3 is 0 Å². The number of aliphatic hydroxyl groups is 1. The van der Waals surface area contributed by atoms with Crippen molar-refractivity contribution >= 4 is 11.0 Å². The fraction of sp³-hybridized carbons (Fsp3) is 0.562. The Morgan fingerprint density at radius 1 is 1.42 bits per heavy atom. The van der Waals surface area contributed by atoms with Crippen molar-refractivity contribution in [3.8, 4) is 0 Å². The van der Waals surface area contributed by atoms with Crippen LogP contribution < -0.4 is 0 Å². The van der Waals surface area contributed by atoms with Crippen molar-refractivity contribution < 1.29 is 5.11 Å². The minimum absolute atomic E-state index is 0.563. The number of imidazole rings is 1. The maximum absolute atomic E-state index is 10.8. The average Bonchev–Trinajstić information content (AvgIpc) is 2.66. The number of hydrogen-bond acceptors (Lipinski definition) is 2. The second kappa shape index (κ2) is 4.64. The molecule has 1 N–H and O–H groups in total. The van der Waals surface area contributed by atoms with Crippen LogP contribution in [-0.2, 0) is 13.5 Å². The molecule has 2 aromatic rings. The maximum Gasteiger partial charge on any atom is 0.112 e. The van der Waals surface area contributed by atoms with Gasteiger partial charge in [0.2, 0.25) is 0 Å². The second-order valence-electron chi connectivity index (χ2n) is 6.18. The predicted molar refractivity (Wildman–Crippen MR) is 77.0 cm³/mol. The summed E-state index contributed by atoms with van der Waals surface area (Å²) in [5, 5.41) is 10.8. The quantitative estimate of drug-likeness (QED) is 0.899. The van der Waals surface area contributed by atoms with E-state index in [-0.39, 0.29) is 0 Å². The van der Waals surface area contributed by atoms with Gasteiger partial charge < -0.3 is 9.67 Å². The molecule has 1 aliphatic rings. The Labute approximate surface area is 114 Å². The van der Waals surface area contributed by atoms with Gasteiger partial charge in [-0.1, -0.05) is 31.9 Å². The fourth-order valence-corrected chi connectivity index (χ4v) is 3.44. The fourth-order valence-electron chi connectivity index (χ4n) is 3.44. The first-order chi connectivity index (χ1) is 9.07. The summed E-state index contributed by atoms with van der Waals surface area (Å²) in [4.78, 5) is 4.68. The Kier molecular flexibility index (Phi) is 3.09. The lowest BCUT2D eigenvalue weighted by Crippen LogP contribution is -2.37. The van der Waals surface area contributed by atoms with E-state index in [0.717, 1.165) is 36.1 Å². The van der Waals surface area contributed by atoms with E-state index >= 15 is 0 Å². The third-order valence-electron chi connectivity index (χ3n) is 4.43. The van der Waals surface area contributed by atoms with Crippen LogP contribution in [0.25, 0.3) is 11.0 Å².